The minimum absolute atomic E-state index is 0.0821. The maximum absolute atomic E-state index is 11.1. The van der Waals surface area contributed by atoms with E-state index in [0.29, 0.717) is 12.2 Å². The zero-order valence-electron chi connectivity index (χ0n) is 11.1. The van der Waals surface area contributed by atoms with Crippen molar-refractivity contribution in [3.8, 4) is 0 Å². The van der Waals surface area contributed by atoms with Gasteiger partial charge in [-0.3, -0.25) is 10.1 Å². The molecule has 0 bridgehead atoms. The average Bonchev–Trinajstić information content (AvgIpc) is 2.26. The third-order valence-electron chi connectivity index (χ3n) is 2.58. The molecule has 7 nitrogen and oxygen atoms in total. The molecule has 7 heteroatoms. The lowest BCUT2D eigenvalue weighted by Crippen LogP contribution is -2.31. The van der Waals surface area contributed by atoms with E-state index in [1.807, 2.05) is 13.8 Å². The number of nitro groups is 1. The van der Waals surface area contributed by atoms with Crippen LogP contribution in [0.25, 0.3) is 0 Å². The largest absolute Gasteiger partial charge is 0.480 e. The second kappa shape index (κ2) is 6.12. The Balaban J connectivity index is 2.88. The van der Waals surface area contributed by atoms with Crippen LogP contribution in [0.5, 0.6) is 0 Å². The van der Waals surface area contributed by atoms with Gasteiger partial charge in [0, 0.05) is 6.07 Å². The third kappa shape index (κ3) is 4.20. The van der Waals surface area contributed by atoms with Crippen molar-refractivity contribution in [3.63, 3.8) is 0 Å². The summed E-state index contributed by atoms with van der Waals surface area (Å²) in [7, 11) is 0. The number of hydrogen-bond donors (Lipinski definition) is 2. The standard InChI is InChI=1S/C12H17N3O4/c1-7(2)6-9(12(16)17)14-11-5-4-10(15(18)19)8(3)13-11/h4-5,7,9H,6H2,1-3H3,(H,13,14)(H,16,17)/t9-/m1/s1. The van der Waals surface area contributed by atoms with Crippen LogP contribution < -0.4 is 5.32 Å². The zero-order valence-corrected chi connectivity index (χ0v) is 11.1. The molecule has 0 radical (unpaired) electrons. The number of anilines is 1. The molecule has 0 aliphatic rings. The summed E-state index contributed by atoms with van der Waals surface area (Å²) in [6.07, 6.45) is 0.451. The van der Waals surface area contributed by atoms with Crippen molar-refractivity contribution in [1.82, 2.24) is 4.98 Å². The smallest absolute Gasteiger partial charge is 0.326 e. The molecule has 1 aromatic heterocycles. The summed E-state index contributed by atoms with van der Waals surface area (Å²) in [6.45, 7) is 5.36. The fourth-order valence-corrected chi connectivity index (χ4v) is 1.70. The molecule has 0 aliphatic carbocycles. The number of aryl methyl sites for hydroxylation is 1. The van der Waals surface area contributed by atoms with Crippen LogP contribution in [0.1, 0.15) is 26.0 Å². The number of nitrogens with one attached hydrogen (secondary N) is 1. The molecule has 104 valence electrons. The first-order chi connectivity index (χ1) is 8.81. The number of hydrogen-bond acceptors (Lipinski definition) is 5. The summed E-state index contributed by atoms with van der Waals surface area (Å²) < 4.78 is 0. The molecule has 1 atom stereocenters. The number of nitrogens with zero attached hydrogens (tertiary/aromatic N) is 2. The topological polar surface area (TPSA) is 105 Å². The molecule has 2 N–H and O–H groups in total. The summed E-state index contributed by atoms with van der Waals surface area (Å²) in [4.78, 5) is 25.2. The molecular weight excluding hydrogens is 250 g/mol. The van der Waals surface area contributed by atoms with Gasteiger partial charge in [0.25, 0.3) is 5.69 Å². The van der Waals surface area contributed by atoms with E-state index >= 15 is 0 Å². The van der Waals surface area contributed by atoms with Gasteiger partial charge in [0.2, 0.25) is 0 Å². The van der Waals surface area contributed by atoms with Gasteiger partial charge in [-0.1, -0.05) is 13.8 Å². The molecule has 0 fully saturated rings. The average molecular weight is 267 g/mol. The fourth-order valence-electron chi connectivity index (χ4n) is 1.70. The van der Waals surface area contributed by atoms with E-state index in [1.165, 1.54) is 19.1 Å². The van der Waals surface area contributed by atoms with Gasteiger partial charge in [0.15, 0.2) is 0 Å². The van der Waals surface area contributed by atoms with E-state index in [-0.39, 0.29) is 17.3 Å². The molecule has 0 aromatic carbocycles. The van der Waals surface area contributed by atoms with Gasteiger partial charge in [0.1, 0.15) is 17.6 Å². The van der Waals surface area contributed by atoms with Gasteiger partial charge in [-0.25, -0.2) is 9.78 Å². The van der Waals surface area contributed by atoms with Crippen molar-refractivity contribution < 1.29 is 14.8 Å². The first-order valence-electron chi connectivity index (χ1n) is 5.92. The Morgan fingerprint density at radius 2 is 2.16 bits per heavy atom. The molecule has 0 saturated carbocycles. The molecule has 1 rings (SSSR count). The van der Waals surface area contributed by atoms with Crippen LogP contribution in [0.15, 0.2) is 12.1 Å². The molecule has 1 aromatic rings. The van der Waals surface area contributed by atoms with E-state index in [4.69, 9.17) is 5.11 Å². The van der Waals surface area contributed by atoms with Crippen LogP contribution in [0, 0.1) is 23.0 Å². The van der Waals surface area contributed by atoms with Crippen molar-refractivity contribution in [1.29, 1.82) is 0 Å². The van der Waals surface area contributed by atoms with Crippen molar-refractivity contribution in [3.05, 3.63) is 27.9 Å². The van der Waals surface area contributed by atoms with E-state index in [1.54, 1.807) is 0 Å². The highest BCUT2D eigenvalue weighted by molar-refractivity contribution is 5.76. The maximum atomic E-state index is 11.1. The van der Waals surface area contributed by atoms with E-state index in [2.05, 4.69) is 10.3 Å². The Kier molecular flexibility index (Phi) is 4.80. The van der Waals surface area contributed by atoms with E-state index in [9.17, 15) is 14.9 Å². The summed E-state index contributed by atoms with van der Waals surface area (Å²) >= 11 is 0. The number of aromatic nitrogens is 1. The van der Waals surface area contributed by atoms with Crippen LogP contribution >= 0.6 is 0 Å². The number of carboxylic acid groups (broad SMARTS) is 1. The van der Waals surface area contributed by atoms with Crippen LogP contribution in [0.3, 0.4) is 0 Å². The molecule has 0 unspecified atom stereocenters. The van der Waals surface area contributed by atoms with Crippen LogP contribution in [0.4, 0.5) is 11.5 Å². The van der Waals surface area contributed by atoms with Crippen LogP contribution in [-0.2, 0) is 4.79 Å². The molecule has 0 aliphatic heterocycles. The number of pyridine rings is 1. The Morgan fingerprint density at radius 3 is 2.58 bits per heavy atom. The third-order valence-corrected chi connectivity index (χ3v) is 2.58. The van der Waals surface area contributed by atoms with Gasteiger partial charge >= 0.3 is 5.97 Å². The first-order valence-corrected chi connectivity index (χ1v) is 5.92. The van der Waals surface area contributed by atoms with E-state index in [0.717, 1.165) is 0 Å². The number of carboxylic acids is 1. The van der Waals surface area contributed by atoms with Crippen molar-refractivity contribution in [2.24, 2.45) is 5.92 Å². The number of carbonyl (C=O) groups is 1. The second-order valence-corrected chi connectivity index (χ2v) is 4.72. The Hall–Kier alpha value is -2.18. The summed E-state index contributed by atoms with van der Waals surface area (Å²) in [6, 6.07) is 1.98. The maximum Gasteiger partial charge on any atom is 0.326 e. The molecular formula is C12H17N3O4. The SMILES string of the molecule is Cc1nc(N[C@H](CC(C)C)C(=O)O)ccc1[N+](=O)[O-]. The fraction of sp³-hybridized carbons (Fsp3) is 0.500. The molecule has 0 spiro atoms. The molecule has 1 heterocycles. The molecule has 0 saturated heterocycles. The highest BCUT2D eigenvalue weighted by Crippen LogP contribution is 2.19. The summed E-state index contributed by atoms with van der Waals surface area (Å²) in [5.74, 6) is -0.421. The number of aliphatic carboxylic acids is 1. The second-order valence-electron chi connectivity index (χ2n) is 4.72. The number of rotatable bonds is 6. The minimum Gasteiger partial charge on any atom is -0.480 e. The van der Waals surface area contributed by atoms with Crippen molar-refractivity contribution >= 4 is 17.5 Å². The Bertz CT molecular complexity index is 488. The predicted molar refractivity (Wildman–Crippen MR) is 70.1 cm³/mol. The van der Waals surface area contributed by atoms with Crippen molar-refractivity contribution in [2.75, 3.05) is 5.32 Å². The lowest BCUT2D eigenvalue weighted by molar-refractivity contribution is -0.385. The van der Waals surface area contributed by atoms with Gasteiger partial charge in [0.05, 0.1) is 4.92 Å². The zero-order chi connectivity index (χ0) is 14.6. The molecule has 0 amide bonds. The van der Waals surface area contributed by atoms with Gasteiger partial charge in [-0.2, -0.15) is 0 Å². The monoisotopic (exact) mass is 267 g/mol. The first kappa shape index (κ1) is 14.9. The quantitative estimate of drug-likeness (QED) is 0.604. The Labute approximate surface area is 110 Å². The summed E-state index contributed by atoms with van der Waals surface area (Å²) in [5, 5.41) is 22.5. The normalized spacial score (nSPS) is 12.2. The van der Waals surface area contributed by atoms with E-state index < -0.39 is 16.9 Å². The highest BCUT2D eigenvalue weighted by atomic mass is 16.6. The summed E-state index contributed by atoms with van der Waals surface area (Å²) in [5.41, 5.74) is 0.171. The van der Waals surface area contributed by atoms with Crippen molar-refractivity contribution in [2.45, 2.75) is 33.2 Å². The molecule has 19 heavy (non-hydrogen) atoms. The van der Waals surface area contributed by atoms with Crippen LogP contribution in [-0.4, -0.2) is 27.0 Å². The minimum atomic E-state index is -0.966. The van der Waals surface area contributed by atoms with Gasteiger partial charge < -0.3 is 10.4 Å². The lowest BCUT2D eigenvalue weighted by Gasteiger charge is -2.17. The Morgan fingerprint density at radius 1 is 1.53 bits per heavy atom. The van der Waals surface area contributed by atoms with Crippen LogP contribution in [0.2, 0.25) is 0 Å². The predicted octanol–water partition coefficient (Wildman–Crippen LogP) is 2.21. The van der Waals surface area contributed by atoms with Gasteiger partial charge in [-0.05, 0) is 25.3 Å². The highest BCUT2D eigenvalue weighted by Gasteiger charge is 2.20. The van der Waals surface area contributed by atoms with Gasteiger partial charge in [-0.15, -0.1) is 0 Å². The lowest BCUT2D eigenvalue weighted by atomic mass is 10.0.